The van der Waals surface area contributed by atoms with Crippen molar-refractivity contribution in [3.05, 3.63) is 88.3 Å². The van der Waals surface area contributed by atoms with Crippen LogP contribution in [0.15, 0.2) is 76.9 Å². The standard InChI is InChI=1S/C21H14N6O3S/c28-20-15-9-4-5-10-16(15)23-25-26(20)13-30-21(29)18-22-19(17-11-6-12-31-17)27(24-18)14-7-2-1-3-8-14/h1-12H,13H2. The summed E-state index contributed by atoms with van der Waals surface area (Å²) in [7, 11) is 0. The summed E-state index contributed by atoms with van der Waals surface area (Å²) in [5, 5.41) is 14.4. The molecule has 5 rings (SSSR count). The Kier molecular flexibility index (Phi) is 4.81. The van der Waals surface area contributed by atoms with E-state index in [0.29, 0.717) is 16.7 Å². The molecule has 0 saturated carbocycles. The van der Waals surface area contributed by atoms with E-state index in [2.05, 4.69) is 20.4 Å². The molecule has 0 aliphatic carbocycles. The fourth-order valence-corrected chi connectivity index (χ4v) is 3.70. The van der Waals surface area contributed by atoms with Crippen LogP contribution in [0, 0.1) is 0 Å². The first-order valence-electron chi connectivity index (χ1n) is 9.27. The highest BCUT2D eigenvalue weighted by atomic mass is 32.1. The van der Waals surface area contributed by atoms with Crippen LogP contribution in [0.1, 0.15) is 10.6 Å². The first kappa shape index (κ1) is 18.8. The Labute approximate surface area is 179 Å². The lowest BCUT2D eigenvalue weighted by atomic mass is 10.2. The maximum atomic E-state index is 12.6. The number of hydrogen-bond donors (Lipinski definition) is 0. The Morgan fingerprint density at radius 2 is 1.81 bits per heavy atom. The van der Waals surface area contributed by atoms with E-state index >= 15 is 0 Å². The van der Waals surface area contributed by atoms with Gasteiger partial charge in [-0.2, -0.15) is 9.67 Å². The first-order chi connectivity index (χ1) is 15.2. The number of benzene rings is 2. The molecule has 0 aliphatic rings. The average Bonchev–Trinajstić information content (AvgIpc) is 3.49. The van der Waals surface area contributed by atoms with Crippen molar-refractivity contribution in [3.63, 3.8) is 0 Å². The van der Waals surface area contributed by atoms with E-state index in [-0.39, 0.29) is 5.82 Å². The molecule has 0 unspecified atom stereocenters. The van der Waals surface area contributed by atoms with E-state index in [0.717, 1.165) is 15.2 Å². The third-order valence-electron chi connectivity index (χ3n) is 4.48. The molecule has 0 atom stereocenters. The minimum Gasteiger partial charge on any atom is -0.436 e. The van der Waals surface area contributed by atoms with Gasteiger partial charge in [-0.3, -0.25) is 4.79 Å². The van der Waals surface area contributed by atoms with Crippen LogP contribution >= 0.6 is 11.3 Å². The van der Waals surface area contributed by atoms with Gasteiger partial charge in [0.15, 0.2) is 12.6 Å². The first-order valence-corrected chi connectivity index (χ1v) is 10.1. The van der Waals surface area contributed by atoms with Gasteiger partial charge in [0.25, 0.3) is 11.4 Å². The number of nitrogens with zero attached hydrogens (tertiary/aromatic N) is 6. The lowest BCUT2D eigenvalue weighted by Crippen LogP contribution is -2.26. The van der Waals surface area contributed by atoms with Crippen LogP contribution in [0.2, 0.25) is 0 Å². The predicted octanol–water partition coefficient (Wildman–Crippen LogP) is 2.92. The van der Waals surface area contributed by atoms with E-state index in [1.807, 2.05) is 47.8 Å². The maximum absolute atomic E-state index is 12.6. The van der Waals surface area contributed by atoms with Gasteiger partial charge in [0.05, 0.1) is 16.0 Å². The van der Waals surface area contributed by atoms with Crippen molar-refractivity contribution in [1.82, 2.24) is 29.8 Å². The summed E-state index contributed by atoms with van der Waals surface area (Å²) in [5.74, 6) is -0.362. The number of para-hydroxylation sites is 1. The molecule has 0 saturated heterocycles. The topological polar surface area (TPSA) is 105 Å². The number of fused-ring (bicyclic) bond motifs is 1. The molecule has 0 aliphatic heterocycles. The summed E-state index contributed by atoms with van der Waals surface area (Å²) in [6.45, 7) is -0.399. The molecule has 9 nitrogen and oxygen atoms in total. The normalized spacial score (nSPS) is 11.0. The number of aromatic nitrogens is 6. The number of carbonyl (C=O) groups is 1. The average molecular weight is 430 g/mol. The molecule has 0 bridgehead atoms. The second-order valence-electron chi connectivity index (χ2n) is 6.46. The van der Waals surface area contributed by atoms with E-state index in [1.54, 1.807) is 28.9 Å². The zero-order chi connectivity index (χ0) is 21.2. The van der Waals surface area contributed by atoms with Crippen molar-refractivity contribution in [3.8, 4) is 16.4 Å². The zero-order valence-corrected chi connectivity index (χ0v) is 16.8. The number of hydrogen-bond acceptors (Lipinski definition) is 8. The van der Waals surface area contributed by atoms with Gasteiger partial charge < -0.3 is 4.74 Å². The van der Waals surface area contributed by atoms with Crippen LogP contribution in [0.3, 0.4) is 0 Å². The molecule has 5 aromatic rings. The lowest BCUT2D eigenvalue weighted by Gasteiger charge is -2.05. The Morgan fingerprint density at radius 3 is 2.61 bits per heavy atom. The molecule has 31 heavy (non-hydrogen) atoms. The van der Waals surface area contributed by atoms with Crippen molar-refractivity contribution in [1.29, 1.82) is 0 Å². The SMILES string of the molecule is O=C(OCn1nnc2ccccc2c1=O)c1nc(-c2cccs2)n(-c2ccccc2)n1. The summed E-state index contributed by atoms with van der Waals surface area (Å²) >= 11 is 1.48. The Hall–Kier alpha value is -4.18. The molecule has 0 N–H and O–H groups in total. The third-order valence-corrected chi connectivity index (χ3v) is 5.35. The van der Waals surface area contributed by atoms with Crippen LogP contribution in [0.5, 0.6) is 0 Å². The van der Waals surface area contributed by atoms with Gasteiger partial charge in [-0.05, 0) is 35.7 Å². The second-order valence-corrected chi connectivity index (χ2v) is 7.40. The Balaban J connectivity index is 1.44. The minimum atomic E-state index is -0.769. The molecule has 0 fully saturated rings. The molecule has 2 aromatic carbocycles. The summed E-state index contributed by atoms with van der Waals surface area (Å²) in [5.41, 5.74) is 0.827. The van der Waals surface area contributed by atoms with Crippen molar-refractivity contribution < 1.29 is 9.53 Å². The molecule has 3 heterocycles. The van der Waals surface area contributed by atoms with Gasteiger partial charge in [0.2, 0.25) is 0 Å². The monoisotopic (exact) mass is 430 g/mol. The van der Waals surface area contributed by atoms with Crippen LogP contribution in [0.4, 0.5) is 0 Å². The maximum Gasteiger partial charge on any atom is 0.380 e. The number of thiophene rings is 1. The van der Waals surface area contributed by atoms with Crippen molar-refractivity contribution in [2.45, 2.75) is 6.73 Å². The summed E-state index contributed by atoms with van der Waals surface area (Å²) in [4.78, 5) is 30.4. The van der Waals surface area contributed by atoms with Crippen molar-refractivity contribution in [2.75, 3.05) is 0 Å². The highest BCUT2D eigenvalue weighted by molar-refractivity contribution is 7.13. The summed E-state index contributed by atoms with van der Waals surface area (Å²) < 4.78 is 7.82. The molecule has 0 spiro atoms. The molecule has 152 valence electrons. The summed E-state index contributed by atoms with van der Waals surface area (Å²) in [6, 6.07) is 20.0. The van der Waals surface area contributed by atoms with Gasteiger partial charge in [0.1, 0.15) is 5.52 Å². The van der Waals surface area contributed by atoms with Gasteiger partial charge in [0, 0.05) is 0 Å². The lowest BCUT2D eigenvalue weighted by molar-refractivity contribution is 0.0322. The number of carbonyl (C=O) groups excluding carboxylic acids is 1. The van der Waals surface area contributed by atoms with Crippen LogP contribution in [0.25, 0.3) is 27.3 Å². The van der Waals surface area contributed by atoms with Gasteiger partial charge in [-0.15, -0.1) is 21.5 Å². The van der Waals surface area contributed by atoms with E-state index in [9.17, 15) is 9.59 Å². The van der Waals surface area contributed by atoms with E-state index in [1.165, 1.54) is 11.3 Å². The number of esters is 1. The highest BCUT2D eigenvalue weighted by Gasteiger charge is 2.21. The molecule has 10 heteroatoms. The largest absolute Gasteiger partial charge is 0.436 e. The van der Waals surface area contributed by atoms with Crippen molar-refractivity contribution >= 4 is 28.2 Å². The Morgan fingerprint density at radius 1 is 1.00 bits per heavy atom. The highest BCUT2D eigenvalue weighted by Crippen LogP contribution is 2.25. The van der Waals surface area contributed by atoms with Crippen LogP contribution in [-0.4, -0.2) is 35.7 Å². The third kappa shape index (κ3) is 3.60. The van der Waals surface area contributed by atoms with Gasteiger partial charge in [-0.1, -0.05) is 41.6 Å². The number of ether oxygens (including phenoxy) is 1. The van der Waals surface area contributed by atoms with Crippen LogP contribution in [-0.2, 0) is 11.5 Å². The van der Waals surface area contributed by atoms with Crippen LogP contribution < -0.4 is 5.56 Å². The smallest absolute Gasteiger partial charge is 0.380 e. The fraction of sp³-hybridized carbons (Fsp3) is 0.0476. The summed E-state index contributed by atoms with van der Waals surface area (Å²) in [6.07, 6.45) is 0. The van der Waals surface area contributed by atoms with E-state index < -0.39 is 18.3 Å². The molecular formula is C21H14N6O3S. The minimum absolute atomic E-state index is 0.117. The Bertz CT molecular complexity index is 1430. The van der Waals surface area contributed by atoms with Gasteiger partial charge in [-0.25, -0.2) is 9.48 Å². The number of rotatable bonds is 5. The molecule has 0 radical (unpaired) electrons. The zero-order valence-electron chi connectivity index (χ0n) is 16.0. The second kappa shape index (κ2) is 7.92. The molecule has 3 aromatic heterocycles. The van der Waals surface area contributed by atoms with E-state index in [4.69, 9.17) is 4.74 Å². The fourth-order valence-electron chi connectivity index (χ4n) is 3.01. The molecule has 0 amide bonds. The van der Waals surface area contributed by atoms with Crippen molar-refractivity contribution in [2.24, 2.45) is 0 Å². The quantitative estimate of drug-likeness (QED) is 0.395. The van der Waals surface area contributed by atoms with Gasteiger partial charge >= 0.3 is 5.97 Å². The molecular weight excluding hydrogens is 416 g/mol. The predicted molar refractivity (Wildman–Crippen MR) is 114 cm³/mol.